The zero-order valence-electron chi connectivity index (χ0n) is 14.2. The lowest BCUT2D eigenvalue weighted by atomic mass is 10.1. The molecule has 0 fully saturated rings. The molecule has 0 aliphatic rings. The minimum Gasteiger partial charge on any atom is -0.489 e. The maximum atomic E-state index is 12.5. The zero-order chi connectivity index (χ0) is 17.5. The first-order chi connectivity index (χ1) is 12.3. The molecule has 0 atom stereocenters. The highest BCUT2D eigenvalue weighted by molar-refractivity contribution is 5.99. The number of para-hydroxylation sites is 2. The van der Waals surface area contributed by atoms with Crippen LogP contribution in [0.3, 0.4) is 0 Å². The lowest BCUT2D eigenvalue weighted by Crippen LogP contribution is -2.27. The van der Waals surface area contributed by atoms with E-state index in [0.29, 0.717) is 17.9 Å². The van der Waals surface area contributed by atoms with E-state index in [0.717, 1.165) is 29.7 Å². The van der Waals surface area contributed by atoms with Gasteiger partial charge in [-0.1, -0.05) is 36.4 Å². The van der Waals surface area contributed by atoms with Crippen molar-refractivity contribution in [1.29, 1.82) is 0 Å². The van der Waals surface area contributed by atoms with Crippen LogP contribution in [-0.4, -0.2) is 26.0 Å². The third kappa shape index (κ3) is 4.19. The monoisotopic (exact) mass is 338 g/mol. The van der Waals surface area contributed by atoms with Gasteiger partial charge in [0.1, 0.15) is 17.9 Å². The highest BCUT2D eigenvalue weighted by Gasteiger charge is 2.20. The van der Waals surface area contributed by atoms with Crippen molar-refractivity contribution < 1.29 is 13.9 Å². The molecular weight excluding hydrogens is 316 g/mol. The second kappa shape index (κ2) is 8.35. The fraction of sp³-hybridized carbons (Fsp3) is 0.250. The number of hydrogen-bond donors (Lipinski definition) is 2. The molecule has 5 heteroatoms. The highest BCUT2D eigenvalue weighted by atomic mass is 16.5. The first kappa shape index (κ1) is 17.0. The third-order valence-electron chi connectivity index (χ3n) is 3.92. The van der Waals surface area contributed by atoms with Crippen LogP contribution in [0.2, 0.25) is 0 Å². The highest BCUT2D eigenvalue weighted by Crippen LogP contribution is 2.27. The number of furan rings is 1. The van der Waals surface area contributed by atoms with E-state index in [1.54, 1.807) is 0 Å². The number of rotatable bonds is 8. The van der Waals surface area contributed by atoms with Crippen LogP contribution < -0.4 is 15.4 Å². The summed E-state index contributed by atoms with van der Waals surface area (Å²) < 4.78 is 11.6. The summed E-state index contributed by atoms with van der Waals surface area (Å²) in [6.07, 6.45) is 0.859. The van der Waals surface area contributed by atoms with E-state index in [4.69, 9.17) is 9.15 Å². The fourth-order valence-corrected chi connectivity index (χ4v) is 2.65. The van der Waals surface area contributed by atoms with Crippen LogP contribution in [0.5, 0.6) is 5.75 Å². The molecule has 0 unspecified atom stereocenters. The fourth-order valence-electron chi connectivity index (χ4n) is 2.65. The predicted molar refractivity (Wildman–Crippen MR) is 97.9 cm³/mol. The molecule has 1 aromatic heterocycles. The normalized spacial score (nSPS) is 10.8. The minimum absolute atomic E-state index is 0.209. The molecule has 0 saturated heterocycles. The van der Waals surface area contributed by atoms with Crippen molar-refractivity contribution in [3.63, 3.8) is 0 Å². The van der Waals surface area contributed by atoms with Crippen molar-refractivity contribution in [2.45, 2.75) is 13.0 Å². The molecule has 1 amide bonds. The van der Waals surface area contributed by atoms with Crippen LogP contribution >= 0.6 is 0 Å². The Morgan fingerprint density at radius 2 is 1.80 bits per heavy atom. The lowest BCUT2D eigenvalue weighted by molar-refractivity contribution is 0.0924. The van der Waals surface area contributed by atoms with Crippen molar-refractivity contribution in [3.8, 4) is 5.75 Å². The first-order valence-electron chi connectivity index (χ1n) is 8.40. The number of nitrogens with one attached hydrogen (secondary N) is 2. The van der Waals surface area contributed by atoms with Crippen LogP contribution in [0.15, 0.2) is 59.0 Å². The molecule has 0 spiro atoms. The molecule has 130 valence electrons. The van der Waals surface area contributed by atoms with Gasteiger partial charge in [-0.05, 0) is 38.2 Å². The summed E-state index contributed by atoms with van der Waals surface area (Å²) in [6.45, 7) is 1.72. The quantitative estimate of drug-likeness (QED) is 0.618. The topological polar surface area (TPSA) is 63.5 Å². The van der Waals surface area contributed by atoms with E-state index >= 15 is 0 Å². The first-order valence-corrected chi connectivity index (χ1v) is 8.40. The molecular formula is C20H22N2O3. The van der Waals surface area contributed by atoms with E-state index in [2.05, 4.69) is 10.6 Å². The standard InChI is InChI=1S/C20H22N2O3/c1-21-12-7-13-22-20(23)19-17(14-24-15-8-3-2-4-9-15)16-10-5-6-11-18(16)25-19/h2-6,8-11,21H,7,12-14H2,1H3,(H,22,23). The van der Waals surface area contributed by atoms with Crippen molar-refractivity contribution >= 4 is 16.9 Å². The SMILES string of the molecule is CNCCCNC(=O)c1oc2ccccc2c1COc1ccccc1. The Bertz CT molecular complexity index is 827. The number of carbonyl (C=O) groups is 1. The third-order valence-corrected chi connectivity index (χ3v) is 3.92. The average molecular weight is 338 g/mol. The predicted octanol–water partition coefficient (Wildman–Crippen LogP) is 3.35. The van der Waals surface area contributed by atoms with Gasteiger partial charge in [-0.15, -0.1) is 0 Å². The Balaban J connectivity index is 1.80. The average Bonchev–Trinajstić information content (AvgIpc) is 3.03. The van der Waals surface area contributed by atoms with Gasteiger partial charge in [0.05, 0.1) is 0 Å². The molecule has 25 heavy (non-hydrogen) atoms. The van der Waals surface area contributed by atoms with Gasteiger partial charge in [-0.3, -0.25) is 4.79 Å². The Hall–Kier alpha value is -2.79. The summed E-state index contributed by atoms with van der Waals surface area (Å²) in [5.74, 6) is 0.869. The number of hydrogen-bond acceptors (Lipinski definition) is 4. The molecule has 0 bridgehead atoms. The Kier molecular flexibility index (Phi) is 5.69. The van der Waals surface area contributed by atoms with Gasteiger partial charge in [-0.2, -0.15) is 0 Å². The Labute approximate surface area is 147 Å². The van der Waals surface area contributed by atoms with E-state index in [-0.39, 0.29) is 12.5 Å². The number of ether oxygens (including phenoxy) is 1. The summed E-state index contributed by atoms with van der Waals surface area (Å²) in [4.78, 5) is 12.5. The molecule has 1 heterocycles. The second-order valence-corrected chi connectivity index (χ2v) is 5.72. The number of amides is 1. The molecule has 0 aliphatic heterocycles. The molecule has 0 radical (unpaired) electrons. The Morgan fingerprint density at radius 1 is 1.04 bits per heavy atom. The molecule has 2 aromatic carbocycles. The summed E-state index contributed by atoms with van der Waals surface area (Å²) in [5.41, 5.74) is 1.46. The van der Waals surface area contributed by atoms with Crippen molar-refractivity contribution in [2.75, 3.05) is 20.1 Å². The van der Waals surface area contributed by atoms with Crippen molar-refractivity contribution in [3.05, 3.63) is 65.9 Å². The summed E-state index contributed by atoms with van der Waals surface area (Å²) in [5, 5.41) is 6.86. The number of carbonyl (C=O) groups excluding carboxylic acids is 1. The lowest BCUT2D eigenvalue weighted by Gasteiger charge is -2.07. The summed E-state index contributed by atoms with van der Waals surface area (Å²) >= 11 is 0. The van der Waals surface area contributed by atoms with Gasteiger partial charge < -0.3 is 19.8 Å². The van der Waals surface area contributed by atoms with Crippen molar-refractivity contribution in [2.24, 2.45) is 0 Å². The summed E-state index contributed by atoms with van der Waals surface area (Å²) in [7, 11) is 1.89. The van der Waals surface area contributed by atoms with Gasteiger partial charge in [0, 0.05) is 17.5 Å². The van der Waals surface area contributed by atoms with E-state index in [1.165, 1.54) is 0 Å². The van der Waals surface area contributed by atoms with Gasteiger partial charge in [0.2, 0.25) is 0 Å². The van der Waals surface area contributed by atoms with Crippen LogP contribution in [0.4, 0.5) is 0 Å². The smallest absolute Gasteiger partial charge is 0.287 e. The van der Waals surface area contributed by atoms with Crippen molar-refractivity contribution in [1.82, 2.24) is 10.6 Å². The van der Waals surface area contributed by atoms with Crippen LogP contribution in [0, 0.1) is 0 Å². The van der Waals surface area contributed by atoms with Gasteiger partial charge in [0.25, 0.3) is 5.91 Å². The molecule has 3 rings (SSSR count). The van der Waals surface area contributed by atoms with Gasteiger partial charge in [0.15, 0.2) is 5.76 Å². The minimum atomic E-state index is -0.209. The van der Waals surface area contributed by atoms with E-state index in [9.17, 15) is 4.79 Å². The van der Waals surface area contributed by atoms with E-state index < -0.39 is 0 Å². The van der Waals surface area contributed by atoms with E-state index in [1.807, 2.05) is 61.6 Å². The zero-order valence-corrected chi connectivity index (χ0v) is 14.2. The molecule has 5 nitrogen and oxygen atoms in total. The molecule has 3 aromatic rings. The number of benzene rings is 2. The van der Waals surface area contributed by atoms with Crippen LogP contribution in [-0.2, 0) is 6.61 Å². The van der Waals surface area contributed by atoms with Crippen LogP contribution in [0.25, 0.3) is 11.0 Å². The molecule has 2 N–H and O–H groups in total. The van der Waals surface area contributed by atoms with Crippen LogP contribution in [0.1, 0.15) is 22.5 Å². The Morgan fingerprint density at radius 3 is 2.60 bits per heavy atom. The largest absolute Gasteiger partial charge is 0.489 e. The molecule has 0 aliphatic carbocycles. The molecule has 0 saturated carbocycles. The second-order valence-electron chi connectivity index (χ2n) is 5.72. The maximum absolute atomic E-state index is 12.5. The van der Waals surface area contributed by atoms with Gasteiger partial charge in [-0.25, -0.2) is 0 Å². The van der Waals surface area contributed by atoms with Gasteiger partial charge >= 0.3 is 0 Å². The number of fused-ring (bicyclic) bond motifs is 1. The summed E-state index contributed by atoms with van der Waals surface area (Å²) in [6, 6.07) is 17.2. The maximum Gasteiger partial charge on any atom is 0.287 e.